The van der Waals surface area contributed by atoms with E-state index in [-0.39, 0.29) is 11.7 Å². The van der Waals surface area contributed by atoms with Crippen LogP contribution in [0.3, 0.4) is 0 Å². The van der Waals surface area contributed by atoms with E-state index in [0.29, 0.717) is 29.2 Å². The predicted molar refractivity (Wildman–Crippen MR) is 81.7 cm³/mol. The zero-order valence-corrected chi connectivity index (χ0v) is 12.0. The van der Waals surface area contributed by atoms with E-state index in [1.807, 2.05) is 0 Å². The second kappa shape index (κ2) is 7.06. The van der Waals surface area contributed by atoms with Crippen molar-refractivity contribution in [3.8, 4) is 0 Å². The lowest BCUT2D eigenvalue weighted by Crippen LogP contribution is -2.27. The molecule has 0 atom stereocenters. The van der Waals surface area contributed by atoms with E-state index in [9.17, 15) is 9.18 Å². The number of carbonyl (C=O) groups excluding carboxylic acids is 1. The molecule has 0 fully saturated rings. The topological polar surface area (TPSA) is 67.1 Å². The van der Waals surface area contributed by atoms with Gasteiger partial charge in [0.2, 0.25) is 0 Å². The zero-order valence-electron chi connectivity index (χ0n) is 11.2. The quantitative estimate of drug-likeness (QED) is 0.588. The number of hydrazine groups is 1. The first-order valence-electron chi connectivity index (χ1n) is 6.39. The van der Waals surface area contributed by atoms with E-state index in [1.165, 1.54) is 12.1 Å². The fourth-order valence-corrected chi connectivity index (χ4v) is 2.07. The molecule has 21 heavy (non-hydrogen) atoms. The monoisotopic (exact) mass is 307 g/mol. The third-order valence-corrected chi connectivity index (χ3v) is 3.23. The van der Waals surface area contributed by atoms with Gasteiger partial charge < -0.3 is 10.7 Å². The fourth-order valence-electron chi connectivity index (χ4n) is 1.90. The number of anilines is 1. The maximum atomic E-state index is 12.8. The molecule has 0 saturated carbocycles. The summed E-state index contributed by atoms with van der Waals surface area (Å²) in [5.41, 5.74) is 4.28. The lowest BCUT2D eigenvalue weighted by Gasteiger charge is -2.10. The highest BCUT2D eigenvalue weighted by atomic mass is 35.5. The first-order chi connectivity index (χ1) is 10.1. The van der Waals surface area contributed by atoms with Gasteiger partial charge in [-0.15, -0.1) is 0 Å². The van der Waals surface area contributed by atoms with Crippen molar-refractivity contribution in [3.05, 3.63) is 64.4 Å². The molecule has 0 heterocycles. The van der Waals surface area contributed by atoms with Crippen LogP contribution in [0.15, 0.2) is 42.5 Å². The third kappa shape index (κ3) is 4.18. The Kier molecular flexibility index (Phi) is 5.14. The number of benzene rings is 2. The summed E-state index contributed by atoms with van der Waals surface area (Å²) in [5, 5.41) is 3.23. The summed E-state index contributed by atoms with van der Waals surface area (Å²) >= 11 is 5.88. The number of halogens is 2. The number of nitrogens with two attached hydrogens (primary N) is 1. The molecule has 4 nitrogen and oxygen atoms in total. The molecule has 1 amide bonds. The van der Waals surface area contributed by atoms with Crippen molar-refractivity contribution < 1.29 is 9.18 Å². The molecular weight excluding hydrogens is 293 g/mol. The van der Waals surface area contributed by atoms with Crippen LogP contribution in [-0.2, 0) is 6.42 Å². The molecule has 0 aliphatic carbocycles. The lowest BCUT2D eigenvalue weighted by molar-refractivity contribution is 0.0955. The highest BCUT2D eigenvalue weighted by Gasteiger charge is 2.11. The summed E-state index contributed by atoms with van der Waals surface area (Å²) < 4.78 is 12.8. The SMILES string of the molecule is NNc1ccc(Cl)cc1C(=O)NCCc1ccc(F)cc1. The molecule has 110 valence electrons. The van der Waals surface area contributed by atoms with Crippen LogP contribution in [0.2, 0.25) is 5.02 Å². The largest absolute Gasteiger partial charge is 0.352 e. The maximum absolute atomic E-state index is 12.8. The molecule has 0 radical (unpaired) electrons. The zero-order chi connectivity index (χ0) is 15.2. The van der Waals surface area contributed by atoms with E-state index < -0.39 is 0 Å². The van der Waals surface area contributed by atoms with Crippen molar-refractivity contribution in [2.24, 2.45) is 5.84 Å². The average molecular weight is 308 g/mol. The highest BCUT2D eigenvalue weighted by Crippen LogP contribution is 2.19. The molecule has 0 bridgehead atoms. The summed E-state index contributed by atoms with van der Waals surface area (Å²) in [6.45, 7) is 0.432. The van der Waals surface area contributed by atoms with E-state index in [4.69, 9.17) is 17.4 Å². The molecule has 0 saturated heterocycles. The normalized spacial score (nSPS) is 10.2. The number of nitrogen functional groups attached to an aromatic ring is 1. The minimum Gasteiger partial charge on any atom is -0.352 e. The Morgan fingerprint density at radius 2 is 1.90 bits per heavy atom. The van der Waals surface area contributed by atoms with E-state index in [1.54, 1.807) is 30.3 Å². The number of rotatable bonds is 5. The van der Waals surface area contributed by atoms with Gasteiger partial charge >= 0.3 is 0 Å². The first kappa shape index (κ1) is 15.3. The predicted octanol–water partition coefficient (Wildman–Crippen LogP) is 2.74. The van der Waals surface area contributed by atoms with Gasteiger partial charge in [0.25, 0.3) is 5.91 Å². The Labute approximate surface area is 127 Å². The Hall–Kier alpha value is -2.11. The number of amides is 1. The lowest BCUT2D eigenvalue weighted by atomic mass is 10.1. The average Bonchev–Trinajstić information content (AvgIpc) is 2.49. The first-order valence-corrected chi connectivity index (χ1v) is 6.77. The van der Waals surface area contributed by atoms with Gasteiger partial charge in [-0.05, 0) is 42.3 Å². The van der Waals surface area contributed by atoms with Crippen molar-refractivity contribution in [1.82, 2.24) is 5.32 Å². The van der Waals surface area contributed by atoms with Gasteiger partial charge in [-0.3, -0.25) is 10.6 Å². The number of carbonyl (C=O) groups is 1. The van der Waals surface area contributed by atoms with Gasteiger partial charge in [-0.25, -0.2) is 4.39 Å². The summed E-state index contributed by atoms with van der Waals surface area (Å²) in [5.74, 6) is 4.82. The van der Waals surface area contributed by atoms with Crippen molar-refractivity contribution in [1.29, 1.82) is 0 Å². The van der Waals surface area contributed by atoms with E-state index in [2.05, 4.69) is 10.7 Å². The van der Waals surface area contributed by atoms with Crippen LogP contribution in [0.4, 0.5) is 10.1 Å². The summed E-state index contributed by atoms with van der Waals surface area (Å²) in [6.07, 6.45) is 0.609. The molecule has 0 unspecified atom stereocenters. The van der Waals surface area contributed by atoms with Crippen LogP contribution < -0.4 is 16.6 Å². The van der Waals surface area contributed by atoms with Gasteiger partial charge in [0, 0.05) is 11.6 Å². The molecule has 0 aromatic heterocycles. The molecule has 0 aliphatic rings. The number of hydrogen-bond donors (Lipinski definition) is 3. The summed E-state index contributed by atoms with van der Waals surface area (Å²) in [4.78, 5) is 12.1. The molecule has 0 spiro atoms. The van der Waals surface area contributed by atoms with Gasteiger partial charge in [0.05, 0.1) is 11.3 Å². The standard InChI is InChI=1S/C15H15ClFN3O/c16-11-3-6-14(20-18)13(9-11)15(21)19-8-7-10-1-4-12(17)5-2-10/h1-6,9,20H,7-8,18H2,(H,19,21). The van der Waals surface area contributed by atoms with Crippen molar-refractivity contribution in [2.45, 2.75) is 6.42 Å². The Morgan fingerprint density at radius 3 is 2.57 bits per heavy atom. The van der Waals surface area contributed by atoms with Crippen LogP contribution in [0, 0.1) is 5.82 Å². The Bertz CT molecular complexity index is 631. The van der Waals surface area contributed by atoms with E-state index >= 15 is 0 Å². The fraction of sp³-hybridized carbons (Fsp3) is 0.133. The molecule has 2 aromatic carbocycles. The van der Waals surface area contributed by atoms with Crippen molar-refractivity contribution in [3.63, 3.8) is 0 Å². The van der Waals surface area contributed by atoms with Gasteiger partial charge in [0.1, 0.15) is 5.82 Å². The Morgan fingerprint density at radius 1 is 1.19 bits per heavy atom. The minimum absolute atomic E-state index is 0.271. The Balaban J connectivity index is 1.95. The highest BCUT2D eigenvalue weighted by molar-refractivity contribution is 6.31. The molecule has 6 heteroatoms. The molecule has 4 N–H and O–H groups in total. The smallest absolute Gasteiger partial charge is 0.253 e. The van der Waals surface area contributed by atoms with Crippen LogP contribution in [0.5, 0.6) is 0 Å². The number of hydrogen-bond acceptors (Lipinski definition) is 3. The van der Waals surface area contributed by atoms with Gasteiger partial charge in [-0.2, -0.15) is 0 Å². The second-order valence-corrected chi connectivity index (χ2v) is 4.90. The molecular formula is C15H15ClFN3O. The van der Waals surface area contributed by atoms with Crippen molar-refractivity contribution in [2.75, 3.05) is 12.0 Å². The number of nitrogens with one attached hydrogen (secondary N) is 2. The minimum atomic E-state index is -0.277. The van der Waals surface area contributed by atoms with Crippen LogP contribution in [-0.4, -0.2) is 12.5 Å². The molecule has 2 rings (SSSR count). The van der Waals surface area contributed by atoms with Crippen LogP contribution >= 0.6 is 11.6 Å². The summed E-state index contributed by atoms with van der Waals surface area (Å²) in [6, 6.07) is 11.0. The van der Waals surface area contributed by atoms with E-state index in [0.717, 1.165) is 5.56 Å². The summed E-state index contributed by atoms with van der Waals surface area (Å²) in [7, 11) is 0. The molecule has 0 aliphatic heterocycles. The van der Waals surface area contributed by atoms with Crippen molar-refractivity contribution >= 4 is 23.2 Å². The van der Waals surface area contributed by atoms with Crippen LogP contribution in [0.25, 0.3) is 0 Å². The van der Waals surface area contributed by atoms with Gasteiger partial charge in [-0.1, -0.05) is 23.7 Å². The third-order valence-electron chi connectivity index (χ3n) is 2.99. The molecule has 2 aromatic rings. The second-order valence-electron chi connectivity index (χ2n) is 4.47. The maximum Gasteiger partial charge on any atom is 0.253 e. The van der Waals surface area contributed by atoms with Crippen LogP contribution in [0.1, 0.15) is 15.9 Å². The van der Waals surface area contributed by atoms with Gasteiger partial charge in [0.15, 0.2) is 0 Å².